The molecule has 0 aliphatic rings. The molecule has 0 aliphatic heterocycles. The summed E-state index contributed by atoms with van der Waals surface area (Å²) < 4.78 is 10.5. The van der Waals surface area contributed by atoms with Gasteiger partial charge in [-0.2, -0.15) is 0 Å². The van der Waals surface area contributed by atoms with Gasteiger partial charge in [0.05, 0.1) is 29.0 Å². The van der Waals surface area contributed by atoms with Gasteiger partial charge in [0.1, 0.15) is 0 Å². The van der Waals surface area contributed by atoms with Crippen LogP contribution in [0.2, 0.25) is 10.0 Å². The van der Waals surface area contributed by atoms with Crippen LogP contribution in [0.5, 0.6) is 0 Å². The van der Waals surface area contributed by atoms with Crippen molar-refractivity contribution in [2.45, 2.75) is 26.6 Å². The van der Waals surface area contributed by atoms with Crippen LogP contribution in [-0.4, -0.2) is 24.6 Å². The van der Waals surface area contributed by atoms with Gasteiger partial charge in [0.2, 0.25) is 0 Å². The van der Waals surface area contributed by atoms with Crippen LogP contribution in [0.3, 0.4) is 0 Å². The molecule has 0 saturated heterocycles. The molecule has 138 valence electrons. The van der Waals surface area contributed by atoms with Crippen molar-refractivity contribution in [3.05, 3.63) is 63.6 Å². The first kappa shape index (κ1) is 20.2. The highest BCUT2D eigenvalue weighted by Crippen LogP contribution is 2.25. The summed E-state index contributed by atoms with van der Waals surface area (Å²) in [6.07, 6.45) is 0.132. The molecule has 7 heteroatoms. The van der Waals surface area contributed by atoms with Crippen molar-refractivity contribution in [3.63, 3.8) is 0 Å². The van der Waals surface area contributed by atoms with E-state index >= 15 is 0 Å². The van der Waals surface area contributed by atoms with E-state index in [0.717, 1.165) is 5.56 Å². The first-order valence-corrected chi connectivity index (χ1v) is 8.73. The van der Waals surface area contributed by atoms with Crippen molar-refractivity contribution in [3.8, 4) is 0 Å². The van der Waals surface area contributed by atoms with Crippen molar-refractivity contribution in [2.24, 2.45) is 0 Å². The van der Waals surface area contributed by atoms with Gasteiger partial charge in [-0.15, -0.1) is 0 Å². The molecule has 1 amide bonds. The zero-order chi connectivity index (χ0) is 19.1. The number of ether oxygens (including phenoxy) is 2. The Morgan fingerprint density at radius 2 is 1.77 bits per heavy atom. The molecule has 0 heterocycles. The van der Waals surface area contributed by atoms with Crippen molar-refractivity contribution in [2.75, 3.05) is 11.9 Å². The van der Waals surface area contributed by atoms with E-state index in [1.54, 1.807) is 36.4 Å². The summed E-state index contributed by atoms with van der Waals surface area (Å²) in [4.78, 5) is 23.9. The van der Waals surface area contributed by atoms with Crippen LogP contribution in [0.25, 0.3) is 0 Å². The summed E-state index contributed by atoms with van der Waals surface area (Å²) in [5.41, 5.74) is 1.70. The monoisotopic (exact) mass is 395 g/mol. The summed E-state index contributed by atoms with van der Waals surface area (Å²) in [5.74, 6) is -1.08. The third-order valence-corrected chi connectivity index (χ3v) is 3.86. The molecule has 0 atom stereocenters. The first-order chi connectivity index (χ1) is 12.3. The maximum atomic E-state index is 12.0. The van der Waals surface area contributed by atoms with Crippen LogP contribution < -0.4 is 5.32 Å². The second-order valence-electron chi connectivity index (χ2n) is 5.81. The van der Waals surface area contributed by atoms with Gasteiger partial charge in [-0.05, 0) is 49.7 Å². The lowest BCUT2D eigenvalue weighted by atomic mass is 10.1. The molecule has 1 N–H and O–H groups in total. The largest absolute Gasteiger partial charge is 0.452 e. The zero-order valence-electron chi connectivity index (χ0n) is 14.4. The molecule has 26 heavy (non-hydrogen) atoms. The third kappa shape index (κ3) is 6.33. The minimum absolute atomic E-state index is 0.132. The minimum Gasteiger partial charge on any atom is -0.452 e. The maximum absolute atomic E-state index is 12.0. The van der Waals surface area contributed by atoms with Crippen LogP contribution in [0.4, 0.5) is 5.69 Å². The van der Waals surface area contributed by atoms with E-state index in [4.69, 9.17) is 32.7 Å². The predicted molar refractivity (Wildman–Crippen MR) is 102 cm³/mol. The van der Waals surface area contributed by atoms with Gasteiger partial charge >= 0.3 is 5.97 Å². The van der Waals surface area contributed by atoms with Crippen LogP contribution in [-0.2, 0) is 20.9 Å². The maximum Gasteiger partial charge on any atom is 0.338 e. The van der Waals surface area contributed by atoms with E-state index in [-0.39, 0.29) is 6.10 Å². The van der Waals surface area contributed by atoms with Gasteiger partial charge in [0, 0.05) is 5.02 Å². The Kier molecular flexibility index (Phi) is 7.45. The van der Waals surface area contributed by atoms with E-state index in [2.05, 4.69) is 5.32 Å². The molecule has 0 aromatic heterocycles. The molecule has 2 aromatic rings. The number of rotatable bonds is 7. The van der Waals surface area contributed by atoms with Gasteiger partial charge in [0.25, 0.3) is 5.91 Å². The Labute approximate surface area is 162 Å². The second kappa shape index (κ2) is 9.57. The highest BCUT2D eigenvalue weighted by Gasteiger charge is 2.12. The molecule has 0 saturated carbocycles. The van der Waals surface area contributed by atoms with Crippen LogP contribution in [0.1, 0.15) is 29.8 Å². The molecule has 2 rings (SSSR count). The highest BCUT2D eigenvalue weighted by molar-refractivity contribution is 6.36. The van der Waals surface area contributed by atoms with E-state index in [1.807, 2.05) is 13.8 Å². The van der Waals surface area contributed by atoms with Crippen LogP contribution in [0, 0.1) is 0 Å². The van der Waals surface area contributed by atoms with E-state index < -0.39 is 18.5 Å². The number of benzene rings is 2. The average Bonchev–Trinajstić information content (AvgIpc) is 2.60. The van der Waals surface area contributed by atoms with Gasteiger partial charge < -0.3 is 14.8 Å². The lowest BCUT2D eigenvalue weighted by Gasteiger charge is -2.09. The molecule has 0 fully saturated rings. The van der Waals surface area contributed by atoms with E-state index in [1.165, 1.54) is 6.07 Å². The lowest BCUT2D eigenvalue weighted by molar-refractivity contribution is -0.119. The molecular weight excluding hydrogens is 377 g/mol. The second-order valence-corrected chi connectivity index (χ2v) is 6.65. The standard InChI is InChI=1S/C19H19Cl2NO4/c1-12(2)25-10-13-3-5-14(6-4-13)19(24)26-11-18(23)22-17-8-7-15(20)9-16(17)21/h3-9,12H,10-11H2,1-2H3,(H,22,23). The molecular formula is C19H19Cl2NO4. The minimum atomic E-state index is -0.585. The quantitative estimate of drug-likeness (QED) is 0.689. The summed E-state index contributed by atoms with van der Waals surface area (Å²) in [6, 6.07) is 11.5. The number of amides is 1. The van der Waals surface area contributed by atoms with Crippen molar-refractivity contribution in [1.29, 1.82) is 0 Å². The number of hydrogen-bond acceptors (Lipinski definition) is 4. The SMILES string of the molecule is CC(C)OCc1ccc(C(=O)OCC(=O)Nc2ccc(Cl)cc2Cl)cc1. The smallest absolute Gasteiger partial charge is 0.338 e. The number of nitrogens with one attached hydrogen (secondary N) is 1. The Morgan fingerprint density at radius 3 is 2.38 bits per heavy atom. The number of anilines is 1. The average molecular weight is 396 g/mol. The molecule has 0 bridgehead atoms. The Morgan fingerprint density at radius 1 is 1.08 bits per heavy atom. The number of halogens is 2. The Bertz CT molecular complexity index is 776. The molecule has 0 spiro atoms. The molecule has 0 aliphatic carbocycles. The van der Waals surface area contributed by atoms with Crippen molar-refractivity contribution >= 4 is 40.8 Å². The van der Waals surface area contributed by atoms with Gasteiger partial charge in [-0.1, -0.05) is 35.3 Å². The first-order valence-electron chi connectivity index (χ1n) is 7.97. The molecule has 2 aromatic carbocycles. The molecule has 5 nitrogen and oxygen atoms in total. The summed E-state index contributed by atoms with van der Waals surface area (Å²) >= 11 is 11.8. The lowest BCUT2D eigenvalue weighted by Crippen LogP contribution is -2.21. The van der Waals surface area contributed by atoms with Crippen molar-refractivity contribution in [1.82, 2.24) is 0 Å². The fourth-order valence-corrected chi connectivity index (χ4v) is 2.45. The number of carbonyl (C=O) groups excluding carboxylic acids is 2. The normalized spacial score (nSPS) is 10.7. The topological polar surface area (TPSA) is 64.6 Å². The van der Waals surface area contributed by atoms with Gasteiger partial charge in [-0.25, -0.2) is 4.79 Å². The number of hydrogen-bond donors (Lipinski definition) is 1. The highest BCUT2D eigenvalue weighted by atomic mass is 35.5. The Hall–Kier alpha value is -2.08. The zero-order valence-corrected chi connectivity index (χ0v) is 15.9. The number of carbonyl (C=O) groups is 2. The van der Waals surface area contributed by atoms with Crippen LogP contribution >= 0.6 is 23.2 Å². The summed E-state index contributed by atoms with van der Waals surface area (Å²) in [5, 5.41) is 3.32. The Balaban J connectivity index is 1.84. The number of esters is 1. The van der Waals surface area contributed by atoms with Crippen molar-refractivity contribution < 1.29 is 19.1 Å². The summed E-state index contributed by atoms with van der Waals surface area (Å²) in [7, 11) is 0. The summed E-state index contributed by atoms with van der Waals surface area (Å²) in [6.45, 7) is 3.95. The van der Waals surface area contributed by atoms with Crippen LogP contribution in [0.15, 0.2) is 42.5 Å². The van der Waals surface area contributed by atoms with E-state index in [0.29, 0.717) is 27.9 Å². The molecule has 0 unspecified atom stereocenters. The van der Waals surface area contributed by atoms with E-state index in [9.17, 15) is 9.59 Å². The van der Waals surface area contributed by atoms with Gasteiger partial charge in [-0.3, -0.25) is 4.79 Å². The predicted octanol–water partition coefficient (Wildman–Crippen LogP) is 4.71. The van der Waals surface area contributed by atoms with Gasteiger partial charge in [0.15, 0.2) is 6.61 Å². The fraction of sp³-hybridized carbons (Fsp3) is 0.263. The fourth-order valence-electron chi connectivity index (χ4n) is 1.99. The molecule has 0 radical (unpaired) electrons. The third-order valence-electron chi connectivity index (χ3n) is 3.31.